The van der Waals surface area contributed by atoms with Gasteiger partial charge in [0.1, 0.15) is 16.7 Å². The van der Waals surface area contributed by atoms with E-state index >= 15 is 0 Å². The lowest BCUT2D eigenvalue weighted by Crippen LogP contribution is -1.96. The third-order valence-corrected chi connectivity index (χ3v) is 3.46. The van der Waals surface area contributed by atoms with E-state index in [0.29, 0.717) is 11.3 Å². The van der Waals surface area contributed by atoms with Crippen molar-refractivity contribution >= 4 is 46.8 Å². The smallest absolute Gasteiger partial charge is 0.166 e. The van der Waals surface area contributed by atoms with E-state index in [2.05, 4.69) is 15.5 Å². The molecule has 2 rings (SSSR count). The molecule has 0 aliphatic rings. The summed E-state index contributed by atoms with van der Waals surface area (Å²) in [5.41, 5.74) is 3.10. The van der Waals surface area contributed by atoms with Crippen LogP contribution in [0.5, 0.6) is 11.5 Å². The molecule has 0 aliphatic heterocycles. The van der Waals surface area contributed by atoms with Crippen LogP contribution in [0, 0.1) is 0 Å². The van der Waals surface area contributed by atoms with E-state index in [-0.39, 0.29) is 26.8 Å². The van der Waals surface area contributed by atoms with Gasteiger partial charge in [0.05, 0.1) is 23.4 Å². The Hall–Kier alpha value is -1.69. The predicted octanol–water partition coefficient (Wildman–Crippen LogP) is 4.20. The van der Waals surface area contributed by atoms with Crippen molar-refractivity contribution in [3.63, 3.8) is 0 Å². The van der Waals surface area contributed by atoms with Crippen LogP contribution < -0.4 is 10.2 Å². The molecule has 0 unspecified atom stereocenters. The minimum Gasteiger partial charge on any atom is -0.507 e. The number of pyridine rings is 1. The summed E-state index contributed by atoms with van der Waals surface area (Å²) in [5.74, 6) is 0.916. The molecule has 110 valence electrons. The second kappa shape index (κ2) is 6.85. The van der Waals surface area contributed by atoms with Gasteiger partial charge in [-0.05, 0) is 24.3 Å². The molecule has 0 aliphatic carbocycles. The highest BCUT2D eigenvalue weighted by Crippen LogP contribution is 2.29. The zero-order valence-corrected chi connectivity index (χ0v) is 13.0. The monoisotopic (exact) mass is 345 g/mol. The molecule has 0 saturated carbocycles. The van der Waals surface area contributed by atoms with Gasteiger partial charge in [0.25, 0.3) is 0 Å². The number of aromatic hydroxyl groups is 1. The molecular formula is C13H10Cl3N3O2. The molecule has 0 saturated heterocycles. The molecule has 2 N–H and O–H groups in total. The number of phenols is 1. The third-order valence-electron chi connectivity index (χ3n) is 2.50. The van der Waals surface area contributed by atoms with Crippen LogP contribution in [0.3, 0.4) is 0 Å². The van der Waals surface area contributed by atoms with Gasteiger partial charge in [-0.1, -0.05) is 34.8 Å². The Morgan fingerprint density at radius 1 is 1.24 bits per heavy atom. The Bertz CT molecular complexity index is 693. The van der Waals surface area contributed by atoms with Crippen LogP contribution in [0.2, 0.25) is 15.2 Å². The van der Waals surface area contributed by atoms with Gasteiger partial charge in [0.2, 0.25) is 0 Å². The van der Waals surface area contributed by atoms with Crippen LogP contribution in [0.15, 0.2) is 29.4 Å². The fourth-order valence-electron chi connectivity index (χ4n) is 1.45. The minimum atomic E-state index is 0.0644. The molecular weight excluding hydrogens is 337 g/mol. The molecule has 0 fully saturated rings. The highest BCUT2D eigenvalue weighted by molar-refractivity contribution is 6.42. The van der Waals surface area contributed by atoms with Crippen molar-refractivity contribution in [3.8, 4) is 11.5 Å². The maximum absolute atomic E-state index is 9.71. The van der Waals surface area contributed by atoms with Crippen molar-refractivity contribution < 1.29 is 9.84 Å². The number of methoxy groups -OCH3 is 1. The first-order valence-electron chi connectivity index (χ1n) is 5.69. The van der Waals surface area contributed by atoms with Gasteiger partial charge in [0, 0.05) is 5.56 Å². The van der Waals surface area contributed by atoms with Gasteiger partial charge in [0.15, 0.2) is 5.82 Å². The molecule has 0 spiro atoms. The third kappa shape index (κ3) is 3.91. The van der Waals surface area contributed by atoms with Gasteiger partial charge in [-0.3, -0.25) is 5.43 Å². The van der Waals surface area contributed by atoms with Crippen LogP contribution in [-0.4, -0.2) is 23.4 Å². The second-order valence-corrected chi connectivity index (χ2v) is 5.06. The largest absolute Gasteiger partial charge is 0.507 e. The van der Waals surface area contributed by atoms with Gasteiger partial charge >= 0.3 is 0 Å². The summed E-state index contributed by atoms with van der Waals surface area (Å²) in [6.07, 6.45) is 1.40. The summed E-state index contributed by atoms with van der Waals surface area (Å²) in [7, 11) is 1.53. The number of hydrogen-bond donors (Lipinski definition) is 2. The molecule has 0 atom stereocenters. The maximum Gasteiger partial charge on any atom is 0.166 e. The predicted molar refractivity (Wildman–Crippen MR) is 85.1 cm³/mol. The van der Waals surface area contributed by atoms with E-state index in [1.807, 2.05) is 0 Å². The van der Waals surface area contributed by atoms with Crippen molar-refractivity contribution in [3.05, 3.63) is 45.0 Å². The lowest BCUT2D eigenvalue weighted by Gasteiger charge is -2.05. The Morgan fingerprint density at radius 3 is 2.71 bits per heavy atom. The average molecular weight is 347 g/mol. The SMILES string of the molecule is COc1ccc(O)c(C=NNc2nc(Cl)c(Cl)cc2Cl)c1. The molecule has 1 heterocycles. The Labute approximate surface area is 136 Å². The lowest BCUT2D eigenvalue weighted by atomic mass is 10.2. The number of anilines is 1. The molecule has 0 bridgehead atoms. The van der Waals surface area contributed by atoms with Crippen molar-refractivity contribution in [1.29, 1.82) is 0 Å². The van der Waals surface area contributed by atoms with E-state index in [4.69, 9.17) is 39.5 Å². The van der Waals surface area contributed by atoms with E-state index in [1.165, 1.54) is 25.5 Å². The number of benzene rings is 1. The zero-order valence-electron chi connectivity index (χ0n) is 10.8. The Kier molecular flexibility index (Phi) is 5.12. The number of hydrazone groups is 1. The summed E-state index contributed by atoms with van der Waals surface area (Å²) < 4.78 is 5.06. The first-order chi connectivity index (χ1) is 10.0. The fraction of sp³-hybridized carbons (Fsp3) is 0.0769. The topological polar surface area (TPSA) is 66.7 Å². The average Bonchev–Trinajstić information content (AvgIpc) is 2.46. The van der Waals surface area contributed by atoms with E-state index in [1.54, 1.807) is 12.1 Å². The summed E-state index contributed by atoms with van der Waals surface area (Å²) in [5, 5.41) is 14.3. The van der Waals surface area contributed by atoms with Crippen molar-refractivity contribution in [2.75, 3.05) is 12.5 Å². The van der Waals surface area contributed by atoms with E-state index < -0.39 is 0 Å². The molecule has 5 nitrogen and oxygen atoms in total. The highest BCUT2D eigenvalue weighted by atomic mass is 35.5. The molecule has 8 heteroatoms. The number of nitrogens with zero attached hydrogens (tertiary/aromatic N) is 2. The summed E-state index contributed by atoms with van der Waals surface area (Å²) in [4.78, 5) is 3.95. The van der Waals surface area contributed by atoms with Crippen LogP contribution in [0.4, 0.5) is 5.82 Å². The van der Waals surface area contributed by atoms with Crippen LogP contribution in [-0.2, 0) is 0 Å². The summed E-state index contributed by atoms with van der Waals surface area (Å²) in [6.45, 7) is 0. The number of hydrogen-bond acceptors (Lipinski definition) is 5. The molecule has 1 aromatic carbocycles. The number of nitrogens with one attached hydrogen (secondary N) is 1. The second-order valence-electron chi connectivity index (χ2n) is 3.89. The number of ether oxygens (including phenoxy) is 1. The van der Waals surface area contributed by atoms with E-state index in [0.717, 1.165) is 0 Å². The number of rotatable bonds is 4. The molecule has 21 heavy (non-hydrogen) atoms. The first kappa shape index (κ1) is 15.7. The van der Waals surface area contributed by atoms with E-state index in [9.17, 15) is 5.11 Å². The normalized spacial score (nSPS) is 10.9. The van der Waals surface area contributed by atoms with Gasteiger partial charge < -0.3 is 9.84 Å². The van der Waals surface area contributed by atoms with Crippen molar-refractivity contribution in [2.45, 2.75) is 0 Å². The van der Waals surface area contributed by atoms with Crippen LogP contribution >= 0.6 is 34.8 Å². The fourth-order valence-corrected chi connectivity index (χ4v) is 1.99. The molecule has 1 aromatic heterocycles. The molecule has 0 amide bonds. The molecule has 0 radical (unpaired) electrons. The number of aromatic nitrogens is 1. The van der Waals surface area contributed by atoms with Crippen LogP contribution in [0.25, 0.3) is 0 Å². The van der Waals surface area contributed by atoms with Crippen LogP contribution in [0.1, 0.15) is 5.56 Å². The Balaban J connectivity index is 2.18. The quantitative estimate of drug-likeness (QED) is 0.494. The van der Waals surface area contributed by atoms with Gasteiger partial charge in [-0.2, -0.15) is 5.10 Å². The number of phenolic OH excluding ortho intramolecular Hbond substituents is 1. The lowest BCUT2D eigenvalue weighted by molar-refractivity contribution is 0.412. The minimum absolute atomic E-state index is 0.0644. The maximum atomic E-state index is 9.71. The molecule has 2 aromatic rings. The highest BCUT2D eigenvalue weighted by Gasteiger charge is 2.07. The number of halogens is 3. The summed E-state index contributed by atoms with van der Waals surface area (Å²) >= 11 is 17.5. The Morgan fingerprint density at radius 2 is 2.00 bits per heavy atom. The standard InChI is InChI=1S/C13H10Cl3N3O2/c1-21-8-2-3-11(20)7(4-8)6-17-19-13-10(15)5-9(14)12(16)18-13/h2-6,20H,1H3,(H,18,19). The van der Waals surface area contributed by atoms with Crippen molar-refractivity contribution in [1.82, 2.24) is 4.98 Å². The first-order valence-corrected chi connectivity index (χ1v) is 6.82. The summed E-state index contributed by atoms with van der Waals surface area (Å²) in [6, 6.07) is 6.23. The zero-order chi connectivity index (χ0) is 15.4. The van der Waals surface area contributed by atoms with Gasteiger partial charge in [-0.15, -0.1) is 0 Å². The van der Waals surface area contributed by atoms with Gasteiger partial charge in [-0.25, -0.2) is 4.98 Å². The van der Waals surface area contributed by atoms with Crippen molar-refractivity contribution in [2.24, 2.45) is 5.10 Å².